The standard InChI is InChI=1S/C13H20N2OS/c1-9(2)15-13(16)8-17-12-6-4-11(5-7-12)10(3)14/h4-7,9-10H,8,14H2,1-3H3,(H,15,16). The average Bonchev–Trinajstić information content (AvgIpc) is 2.26. The number of nitrogens with one attached hydrogen (secondary N) is 1. The van der Waals surface area contributed by atoms with Crippen LogP contribution >= 0.6 is 11.8 Å². The first-order valence-electron chi connectivity index (χ1n) is 5.76. The number of nitrogens with two attached hydrogens (primary N) is 1. The fraction of sp³-hybridized carbons (Fsp3) is 0.462. The Morgan fingerprint density at radius 3 is 2.35 bits per heavy atom. The van der Waals surface area contributed by atoms with Crippen molar-refractivity contribution in [1.29, 1.82) is 0 Å². The lowest BCUT2D eigenvalue weighted by atomic mass is 10.1. The zero-order chi connectivity index (χ0) is 12.8. The van der Waals surface area contributed by atoms with Crippen molar-refractivity contribution in [2.75, 3.05) is 5.75 Å². The fourth-order valence-corrected chi connectivity index (χ4v) is 2.09. The van der Waals surface area contributed by atoms with Gasteiger partial charge in [0.15, 0.2) is 0 Å². The van der Waals surface area contributed by atoms with Crippen LogP contribution in [0.2, 0.25) is 0 Å². The van der Waals surface area contributed by atoms with E-state index in [0.717, 1.165) is 10.5 Å². The third-order valence-corrected chi connectivity index (χ3v) is 3.24. The molecule has 1 amide bonds. The van der Waals surface area contributed by atoms with Crippen LogP contribution in [0.3, 0.4) is 0 Å². The first-order valence-corrected chi connectivity index (χ1v) is 6.75. The van der Waals surface area contributed by atoms with Crippen molar-refractivity contribution in [3.8, 4) is 0 Å². The van der Waals surface area contributed by atoms with Crippen LogP contribution in [0.25, 0.3) is 0 Å². The van der Waals surface area contributed by atoms with E-state index in [9.17, 15) is 4.79 Å². The third-order valence-electron chi connectivity index (χ3n) is 2.23. The summed E-state index contributed by atoms with van der Waals surface area (Å²) >= 11 is 1.54. The van der Waals surface area contributed by atoms with Crippen LogP contribution in [-0.2, 0) is 4.79 Å². The molecule has 0 bridgehead atoms. The normalized spacial score (nSPS) is 12.5. The summed E-state index contributed by atoms with van der Waals surface area (Å²) in [5, 5.41) is 2.86. The second-order valence-corrected chi connectivity index (χ2v) is 5.42. The molecule has 0 aliphatic rings. The Labute approximate surface area is 107 Å². The van der Waals surface area contributed by atoms with Gasteiger partial charge in [-0.25, -0.2) is 0 Å². The minimum atomic E-state index is 0.0540. The Hall–Kier alpha value is -1.00. The Morgan fingerprint density at radius 2 is 1.88 bits per heavy atom. The SMILES string of the molecule is CC(C)NC(=O)CSc1ccc(C(C)N)cc1. The van der Waals surface area contributed by atoms with Crippen molar-refractivity contribution in [2.45, 2.75) is 37.8 Å². The largest absolute Gasteiger partial charge is 0.353 e. The molecule has 3 N–H and O–H groups in total. The molecule has 94 valence electrons. The van der Waals surface area contributed by atoms with Gasteiger partial charge in [0.2, 0.25) is 5.91 Å². The highest BCUT2D eigenvalue weighted by Gasteiger charge is 2.04. The number of benzene rings is 1. The van der Waals surface area contributed by atoms with E-state index in [-0.39, 0.29) is 18.0 Å². The summed E-state index contributed by atoms with van der Waals surface area (Å²) < 4.78 is 0. The smallest absolute Gasteiger partial charge is 0.230 e. The molecule has 17 heavy (non-hydrogen) atoms. The molecule has 0 saturated heterocycles. The molecule has 1 unspecified atom stereocenters. The molecule has 0 aromatic heterocycles. The lowest BCUT2D eigenvalue weighted by Gasteiger charge is -2.09. The van der Waals surface area contributed by atoms with Crippen LogP contribution in [0, 0.1) is 0 Å². The van der Waals surface area contributed by atoms with Gasteiger partial charge in [-0.3, -0.25) is 4.79 Å². The van der Waals surface area contributed by atoms with Crippen LogP contribution in [0.5, 0.6) is 0 Å². The molecule has 0 saturated carbocycles. The molecule has 1 aromatic rings. The molecule has 1 aromatic carbocycles. The molecular weight excluding hydrogens is 232 g/mol. The van der Waals surface area contributed by atoms with Gasteiger partial charge < -0.3 is 11.1 Å². The molecular formula is C13H20N2OS. The van der Waals surface area contributed by atoms with E-state index in [1.165, 1.54) is 11.8 Å². The minimum absolute atomic E-state index is 0.0540. The van der Waals surface area contributed by atoms with Gasteiger partial charge in [-0.15, -0.1) is 11.8 Å². The fourth-order valence-electron chi connectivity index (χ4n) is 1.38. The molecule has 0 aliphatic heterocycles. The Bertz CT molecular complexity index is 360. The summed E-state index contributed by atoms with van der Waals surface area (Å²) in [6.45, 7) is 5.87. The van der Waals surface area contributed by atoms with Crippen molar-refractivity contribution in [3.63, 3.8) is 0 Å². The van der Waals surface area contributed by atoms with Crippen LogP contribution in [0.1, 0.15) is 32.4 Å². The quantitative estimate of drug-likeness (QED) is 0.791. The van der Waals surface area contributed by atoms with Crippen LogP contribution in [0.15, 0.2) is 29.2 Å². The van der Waals surface area contributed by atoms with Crippen molar-refractivity contribution >= 4 is 17.7 Å². The van der Waals surface area contributed by atoms with E-state index < -0.39 is 0 Å². The van der Waals surface area contributed by atoms with Gasteiger partial charge in [0.1, 0.15) is 0 Å². The summed E-state index contributed by atoms with van der Waals surface area (Å²) in [6, 6.07) is 8.28. The highest BCUT2D eigenvalue weighted by molar-refractivity contribution is 8.00. The minimum Gasteiger partial charge on any atom is -0.353 e. The maximum Gasteiger partial charge on any atom is 0.230 e. The maximum absolute atomic E-state index is 11.5. The number of hydrogen-bond donors (Lipinski definition) is 2. The molecule has 0 radical (unpaired) electrons. The Kier molecular flexibility index (Phi) is 5.51. The van der Waals surface area contributed by atoms with Crippen LogP contribution in [-0.4, -0.2) is 17.7 Å². The maximum atomic E-state index is 11.5. The number of amides is 1. The predicted octanol–water partition coefficient (Wildman–Crippen LogP) is 2.32. The van der Waals surface area contributed by atoms with Gasteiger partial charge in [-0.2, -0.15) is 0 Å². The number of hydrogen-bond acceptors (Lipinski definition) is 3. The summed E-state index contributed by atoms with van der Waals surface area (Å²) in [4.78, 5) is 12.5. The zero-order valence-electron chi connectivity index (χ0n) is 10.6. The molecule has 1 atom stereocenters. The van der Waals surface area contributed by atoms with Crippen LogP contribution < -0.4 is 11.1 Å². The molecule has 4 heteroatoms. The highest BCUT2D eigenvalue weighted by atomic mass is 32.2. The first-order chi connectivity index (χ1) is 7.99. The van der Waals surface area contributed by atoms with Crippen LogP contribution in [0.4, 0.5) is 0 Å². The summed E-state index contributed by atoms with van der Waals surface area (Å²) in [7, 11) is 0. The molecule has 0 fully saturated rings. The number of carbonyl (C=O) groups excluding carboxylic acids is 1. The van der Waals surface area contributed by atoms with E-state index in [2.05, 4.69) is 5.32 Å². The number of rotatable bonds is 5. The van der Waals surface area contributed by atoms with Gasteiger partial charge in [0, 0.05) is 17.0 Å². The second-order valence-electron chi connectivity index (χ2n) is 4.37. The lowest BCUT2D eigenvalue weighted by molar-refractivity contribution is -0.119. The predicted molar refractivity (Wildman–Crippen MR) is 73.0 cm³/mol. The average molecular weight is 252 g/mol. The van der Waals surface area contributed by atoms with Gasteiger partial charge in [0.05, 0.1) is 5.75 Å². The summed E-state index contributed by atoms with van der Waals surface area (Å²) in [5.74, 6) is 0.525. The first kappa shape index (κ1) is 14.1. The second kappa shape index (κ2) is 6.67. The lowest BCUT2D eigenvalue weighted by Crippen LogP contribution is -2.31. The Morgan fingerprint density at radius 1 is 1.29 bits per heavy atom. The van der Waals surface area contributed by atoms with Gasteiger partial charge in [0.25, 0.3) is 0 Å². The van der Waals surface area contributed by atoms with Crippen molar-refractivity contribution < 1.29 is 4.79 Å². The van der Waals surface area contributed by atoms with E-state index in [0.29, 0.717) is 5.75 Å². The molecule has 0 spiro atoms. The molecule has 0 aliphatic carbocycles. The zero-order valence-corrected chi connectivity index (χ0v) is 11.4. The number of carbonyl (C=O) groups is 1. The van der Waals surface area contributed by atoms with E-state index in [4.69, 9.17) is 5.73 Å². The van der Waals surface area contributed by atoms with Gasteiger partial charge >= 0.3 is 0 Å². The van der Waals surface area contributed by atoms with Crippen molar-refractivity contribution in [3.05, 3.63) is 29.8 Å². The third kappa shape index (κ3) is 5.24. The van der Waals surface area contributed by atoms with Crippen molar-refractivity contribution in [1.82, 2.24) is 5.32 Å². The molecule has 0 heterocycles. The summed E-state index contributed by atoms with van der Waals surface area (Å²) in [5.41, 5.74) is 6.88. The van der Waals surface area contributed by atoms with E-state index >= 15 is 0 Å². The summed E-state index contributed by atoms with van der Waals surface area (Å²) in [6.07, 6.45) is 0. The van der Waals surface area contributed by atoms with E-state index in [1.807, 2.05) is 45.0 Å². The van der Waals surface area contributed by atoms with E-state index in [1.54, 1.807) is 0 Å². The molecule has 1 rings (SSSR count). The highest BCUT2D eigenvalue weighted by Crippen LogP contribution is 2.20. The Balaban J connectivity index is 2.44. The molecule has 3 nitrogen and oxygen atoms in total. The topological polar surface area (TPSA) is 55.1 Å². The monoisotopic (exact) mass is 252 g/mol. The van der Waals surface area contributed by atoms with Gasteiger partial charge in [-0.1, -0.05) is 12.1 Å². The van der Waals surface area contributed by atoms with Crippen molar-refractivity contribution in [2.24, 2.45) is 5.73 Å². The van der Waals surface area contributed by atoms with Gasteiger partial charge in [-0.05, 0) is 38.5 Å². The number of thioether (sulfide) groups is 1.